The lowest BCUT2D eigenvalue weighted by atomic mass is 10.0. The minimum atomic E-state index is -3.67. The molecule has 0 spiro atoms. The van der Waals surface area contributed by atoms with Crippen LogP contribution in [-0.4, -0.2) is 31.2 Å². The Bertz CT molecular complexity index is 1150. The number of carbonyl (C=O) groups excluding carboxylic acids is 1. The minimum Gasteiger partial charge on any atom is -0.305 e. The third kappa shape index (κ3) is 3.98. The van der Waals surface area contributed by atoms with Gasteiger partial charge in [0.15, 0.2) is 5.82 Å². The fourth-order valence-corrected chi connectivity index (χ4v) is 5.00. The average Bonchev–Trinajstić information content (AvgIpc) is 3.36. The van der Waals surface area contributed by atoms with Gasteiger partial charge in [0.1, 0.15) is 0 Å². The SMILES string of the molecule is CNS(=O)(=O)c1ccc(-c2cccs2)c(C(=O)Nc2cc3n(n2)CC(C)CC3)c1. The molecule has 7 nitrogen and oxygen atoms in total. The standard InChI is InChI=1S/C20H22N4O3S2/c1-13-5-6-14-10-19(23-24(14)12-13)22-20(25)17-11-15(29(26,27)21-2)7-8-16(17)18-4-3-9-28-18/h3-4,7-11,13,21H,5-6,12H2,1-2H3,(H,22,23,25). The summed E-state index contributed by atoms with van der Waals surface area (Å²) < 4.78 is 28.7. The molecule has 1 amide bonds. The highest BCUT2D eigenvalue weighted by atomic mass is 32.2. The molecule has 29 heavy (non-hydrogen) atoms. The maximum Gasteiger partial charge on any atom is 0.257 e. The molecule has 0 saturated carbocycles. The molecule has 4 rings (SSSR count). The van der Waals surface area contributed by atoms with Crippen molar-refractivity contribution in [3.05, 3.63) is 53.0 Å². The number of anilines is 1. The Balaban J connectivity index is 1.70. The highest BCUT2D eigenvalue weighted by Gasteiger charge is 2.22. The van der Waals surface area contributed by atoms with Crippen molar-refractivity contribution in [1.29, 1.82) is 0 Å². The number of sulfonamides is 1. The number of benzene rings is 1. The van der Waals surface area contributed by atoms with E-state index in [-0.39, 0.29) is 10.8 Å². The number of aryl methyl sites for hydroxylation is 1. The van der Waals surface area contributed by atoms with Crippen LogP contribution in [0.2, 0.25) is 0 Å². The Labute approximate surface area is 173 Å². The Kier molecular flexibility index (Phi) is 5.28. The zero-order chi connectivity index (χ0) is 20.6. The number of amides is 1. The number of thiophene rings is 1. The van der Waals surface area contributed by atoms with Crippen molar-refractivity contribution in [3.63, 3.8) is 0 Å². The molecule has 3 aromatic rings. The normalized spacial score (nSPS) is 16.4. The first-order valence-electron chi connectivity index (χ1n) is 9.37. The molecule has 0 fully saturated rings. The summed E-state index contributed by atoms with van der Waals surface area (Å²) in [5, 5.41) is 9.27. The van der Waals surface area contributed by atoms with Gasteiger partial charge in [-0.25, -0.2) is 13.1 Å². The van der Waals surface area contributed by atoms with E-state index in [0.717, 1.165) is 30.0 Å². The van der Waals surface area contributed by atoms with Gasteiger partial charge >= 0.3 is 0 Å². The molecular formula is C20H22N4O3S2. The molecule has 2 N–H and O–H groups in total. The Morgan fingerprint density at radius 1 is 1.28 bits per heavy atom. The number of nitrogens with one attached hydrogen (secondary N) is 2. The Morgan fingerprint density at radius 3 is 2.83 bits per heavy atom. The summed E-state index contributed by atoms with van der Waals surface area (Å²) in [6.07, 6.45) is 2.03. The predicted octanol–water partition coefficient (Wildman–Crippen LogP) is 3.35. The van der Waals surface area contributed by atoms with Crippen LogP contribution in [0.4, 0.5) is 5.82 Å². The van der Waals surface area contributed by atoms with E-state index in [1.807, 2.05) is 28.3 Å². The van der Waals surface area contributed by atoms with Gasteiger partial charge in [0.25, 0.3) is 5.91 Å². The van der Waals surface area contributed by atoms with Gasteiger partial charge in [0.2, 0.25) is 10.0 Å². The largest absolute Gasteiger partial charge is 0.305 e. The molecular weight excluding hydrogens is 408 g/mol. The van der Waals surface area contributed by atoms with Crippen LogP contribution >= 0.6 is 11.3 Å². The molecule has 1 aliphatic heterocycles. The van der Waals surface area contributed by atoms with Crippen molar-refractivity contribution in [1.82, 2.24) is 14.5 Å². The minimum absolute atomic E-state index is 0.0448. The highest BCUT2D eigenvalue weighted by Crippen LogP contribution is 2.31. The lowest BCUT2D eigenvalue weighted by Gasteiger charge is -2.19. The third-order valence-corrected chi connectivity index (χ3v) is 7.40. The number of aromatic nitrogens is 2. The van der Waals surface area contributed by atoms with Crippen LogP contribution in [-0.2, 0) is 23.0 Å². The summed E-state index contributed by atoms with van der Waals surface area (Å²) in [4.78, 5) is 14.0. The lowest BCUT2D eigenvalue weighted by molar-refractivity contribution is 0.102. The molecule has 1 unspecified atom stereocenters. The zero-order valence-electron chi connectivity index (χ0n) is 16.2. The van der Waals surface area contributed by atoms with Crippen molar-refractivity contribution in [2.75, 3.05) is 12.4 Å². The van der Waals surface area contributed by atoms with Crippen molar-refractivity contribution < 1.29 is 13.2 Å². The highest BCUT2D eigenvalue weighted by molar-refractivity contribution is 7.89. The summed E-state index contributed by atoms with van der Waals surface area (Å²) in [6.45, 7) is 3.02. The summed E-state index contributed by atoms with van der Waals surface area (Å²) in [7, 11) is -2.32. The van der Waals surface area contributed by atoms with E-state index in [9.17, 15) is 13.2 Å². The molecule has 1 aliphatic rings. The van der Waals surface area contributed by atoms with Crippen molar-refractivity contribution >= 4 is 33.1 Å². The van der Waals surface area contributed by atoms with Crippen LogP contribution in [0, 0.1) is 5.92 Å². The van der Waals surface area contributed by atoms with Gasteiger partial charge in [-0.15, -0.1) is 11.3 Å². The van der Waals surface area contributed by atoms with Crippen LogP contribution in [0.3, 0.4) is 0 Å². The fraction of sp³-hybridized carbons (Fsp3) is 0.300. The van der Waals surface area contributed by atoms with E-state index in [1.165, 1.54) is 30.5 Å². The molecule has 152 valence electrons. The number of hydrogen-bond donors (Lipinski definition) is 2. The molecule has 0 bridgehead atoms. The van der Waals surface area contributed by atoms with Gasteiger partial charge in [-0.3, -0.25) is 9.48 Å². The van der Waals surface area contributed by atoms with E-state index >= 15 is 0 Å². The molecule has 0 saturated heterocycles. The number of fused-ring (bicyclic) bond motifs is 1. The first kappa shape index (κ1) is 19.8. The van der Waals surface area contributed by atoms with E-state index in [4.69, 9.17) is 0 Å². The molecule has 1 atom stereocenters. The number of rotatable bonds is 5. The zero-order valence-corrected chi connectivity index (χ0v) is 17.8. The molecule has 1 aromatic carbocycles. The maximum atomic E-state index is 13.1. The monoisotopic (exact) mass is 430 g/mol. The van der Waals surface area contributed by atoms with Crippen LogP contribution in [0.15, 0.2) is 46.7 Å². The van der Waals surface area contributed by atoms with E-state index in [0.29, 0.717) is 22.9 Å². The summed E-state index contributed by atoms with van der Waals surface area (Å²) in [5.41, 5.74) is 2.08. The average molecular weight is 431 g/mol. The summed E-state index contributed by atoms with van der Waals surface area (Å²) in [5.74, 6) is 0.656. The molecule has 0 radical (unpaired) electrons. The summed E-state index contributed by atoms with van der Waals surface area (Å²) in [6, 6.07) is 10.3. The molecule has 0 aliphatic carbocycles. The van der Waals surface area contributed by atoms with Gasteiger partial charge in [-0.1, -0.05) is 19.1 Å². The van der Waals surface area contributed by atoms with Crippen LogP contribution in [0.25, 0.3) is 10.4 Å². The van der Waals surface area contributed by atoms with Gasteiger partial charge < -0.3 is 5.32 Å². The smallest absolute Gasteiger partial charge is 0.257 e. The predicted molar refractivity (Wildman–Crippen MR) is 114 cm³/mol. The van der Waals surface area contributed by atoms with Gasteiger partial charge in [0.05, 0.1) is 4.90 Å². The van der Waals surface area contributed by atoms with Crippen LogP contribution < -0.4 is 10.0 Å². The van der Waals surface area contributed by atoms with Gasteiger partial charge in [-0.05, 0) is 49.4 Å². The van der Waals surface area contributed by atoms with Crippen molar-refractivity contribution in [2.45, 2.75) is 31.2 Å². The number of carbonyl (C=O) groups is 1. The first-order valence-corrected chi connectivity index (χ1v) is 11.7. The Morgan fingerprint density at radius 2 is 2.10 bits per heavy atom. The molecule has 9 heteroatoms. The topological polar surface area (TPSA) is 93.1 Å². The second-order valence-corrected chi connectivity index (χ2v) is 10.0. The first-order chi connectivity index (χ1) is 13.9. The maximum absolute atomic E-state index is 13.1. The summed E-state index contributed by atoms with van der Waals surface area (Å²) >= 11 is 1.49. The van der Waals surface area contributed by atoms with Crippen molar-refractivity contribution in [3.8, 4) is 10.4 Å². The number of hydrogen-bond acceptors (Lipinski definition) is 5. The second kappa shape index (κ2) is 7.74. The van der Waals surface area contributed by atoms with Crippen molar-refractivity contribution in [2.24, 2.45) is 5.92 Å². The van der Waals surface area contributed by atoms with Gasteiger partial charge in [-0.2, -0.15) is 5.10 Å². The quantitative estimate of drug-likeness (QED) is 0.649. The molecule has 3 heterocycles. The van der Waals surface area contributed by atoms with Crippen LogP contribution in [0.5, 0.6) is 0 Å². The van der Waals surface area contributed by atoms with E-state index in [1.54, 1.807) is 6.07 Å². The van der Waals surface area contributed by atoms with Crippen LogP contribution in [0.1, 0.15) is 29.4 Å². The van der Waals surface area contributed by atoms with E-state index < -0.39 is 10.0 Å². The fourth-order valence-electron chi connectivity index (χ4n) is 3.48. The Hall–Kier alpha value is -2.49. The third-order valence-electron chi connectivity index (χ3n) is 5.08. The second-order valence-electron chi connectivity index (χ2n) is 7.19. The van der Waals surface area contributed by atoms with Gasteiger partial charge in [0, 0.05) is 34.3 Å². The number of nitrogens with zero attached hydrogens (tertiary/aromatic N) is 2. The molecule has 2 aromatic heterocycles. The lowest BCUT2D eigenvalue weighted by Crippen LogP contribution is -2.20. The van der Waals surface area contributed by atoms with E-state index in [2.05, 4.69) is 22.1 Å².